The molecule has 7 heteroatoms. The Morgan fingerprint density at radius 1 is 1.33 bits per heavy atom. The normalized spacial score (nSPS) is 13.2. The van der Waals surface area contributed by atoms with Gasteiger partial charge in [-0.3, -0.25) is 0 Å². The average Bonchev–Trinajstić information content (AvgIpc) is 1.60. The molecule has 1 unspecified atom stereocenters. The Balaban J connectivity index is -0.000000405. The van der Waals surface area contributed by atoms with Gasteiger partial charge < -0.3 is 24.9 Å². The molecule has 0 saturated heterocycles. The summed E-state index contributed by atoms with van der Waals surface area (Å²) in [6, 6.07) is 0. The molecule has 0 fully saturated rings. The maximum atomic E-state index is 9.90. The fraction of sp³-hybridized carbons (Fsp3) is 0.600. The number of carboxylic acid groups (broad SMARTS) is 2. The van der Waals surface area contributed by atoms with E-state index in [4.69, 9.17) is 5.11 Å². The third-order valence-corrected chi connectivity index (χ3v) is 0.928. The van der Waals surface area contributed by atoms with Crippen LogP contribution in [-0.2, 0) is 9.59 Å². The molecule has 1 N–H and O–H groups in total. The van der Waals surface area contributed by atoms with Gasteiger partial charge in [-0.15, -0.1) is 0 Å². The van der Waals surface area contributed by atoms with Crippen LogP contribution in [0.3, 0.4) is 0 Å². The summed E-state index contributed by atoms with van der Waals surface area (Å²) in [5, 5.41) is 28.3. The van der Waals surface area contributed by atoms with Gasteiger partial charge in [-0.25, -0.2) is 0 Å². The molecule has 1 atom stereocenters. The molecule has 0 bridgehead atoms. The number of rotatable bonds is 3. The van der Waals surface area contributed by atoms with E-state index in [0.29, 0.717) is 0 Å². The predicted octanol–water partition coefficient (Wildman–Crippen LogP) is -9.36. The Kier molecular flexibility index (Phi) is 11.4. The largest absolute Gasteiger partial charge is 1.00 e. The van der Waals surface area contributed by atoms with Gasteiger partial charge in [0.05, 0.1) is 5.97 Å². The number of carbonyl (C=O) groups is 2. The van der Waals surface area contributed by atoms with E-state index in [1.165, 1.54) is 0 Å². The molecule has 0 amide bonds. The van der Waals surface area contributed by atoms with Crippen molar-refractivity contribution in [1.82, 2.24) is 0 Å². The SMILES string of the molecule is CC(O)(CC(=O)[O-])C(=O)[O-].[Na+].[Na+]. The Bertz CT molecular complexity index is 167. The van der Waals surface area contributed by atoms with Crippen molar-refractivity contribution in [3.8, 4) is 0 Å². The quantitative estimate of drug-likeness (QED) is 0.447. The fourth-order valence-corrected chi connectivity index (χ4v) is 0.353. The first-order valence-corrected chi connectivity index (χ1v) is 2.50. The second-order valence-electron chi connectivity index (χ2n) is 2.11. The molecule has 58 valence electrons. The van der Waals surface area contributed by atoms with Crippen molar-refractivity contribution in [2.75, 3.05) is 0 Å². The van der Waals surface area contributed by atoms with Crippen LogP contribution >= 0.6 is 0 Å². The van der Waals surface area contributed by atoms with Gasteiger partial charge in [-0.1, -0.05) is 0 Å². The number of hydrogen-bond donors (Lipinski definition) is 1. The molecular weight excluding hydrogens is 186 g/mol. The Morgan fingerprint density at radius 3 is 1.75 bits per heavy atom. The summed E-state index contributed by atoms with van der Waals surface area (Å²) in [7, 11) is 0. The van der Waals surface area contributed by atoms with Crippen LogP contribution < -0.4 is 69.3 Å². The Labute approximate surface area is 114 Å². The van der Waals surface area contributed by atoms with Crippen molar-refractivity contribution in [2.24, 2.45) is 0 Å². The number of aliphatic hydroxyl groups is 1. The molecular formula is C5H6Na2O5. The molecule has 12 heavy (non-hydrogen) atoms. The standard InChI is InChI=1S/C5H8O5.2Na/c1-5(10,4(8)9)2-3(6)7;;/h10H,2H2,1H3,(H,6,7)(H,8,9);;/q;2*+1/p-2. The molecule has 0 radical (unpaired) electrons. The van der Waals surface area contributed by atoms with Gasteiger partial charge in [-0.05, 0) is 6.92 Å². The smallest absolute Gasteiger partial charge is 0.550 e. The monoisotopic (exact) mass is 192 g/mol. The second kappa shape index (κ2) is 7.32. The molecule has 0 spiro atoms. The van der Waals surface area contributed by atoms with Crippen LogP contribution in [0.1, 0.15) is 13.3 Å². The topological polar surface area (TPSA) is 100 Å². The first kappa shape index (κ1) is 18.6. The van der Waals surface area contributed by atoms with Crippen molar-refractivity contribution in [2.45, 2.75) is 18.9 Å². The molecule has 0 aromatic rings. The van der Waals surface area contributed by atoms with E-state index in [0.717, 1.165) is 6.92 Å². The molecule has 0 aromatic carbocycles. The minimum Gasteiger partial charge on any atom is -0.550 e. The van der Waals surface area contributed by atoms with Gasteiger partial charge >= 0.3 is 59.1 Å². The third kappa shape index (κ3) is 7.54. The van der Waals surface area contributed by atoms with Gasteiger partial charge in [0.1, 0.15) is 5.60 Å². The van der Waals surface area contributed by atoms with E-state index in [-0.39, 0.29) is 59.1 Å². The zero-order valence-electron chi connectivity index (χ0n) is 7.29. The van der Waals surface area contributed by atoms with Crippen molar-refractivity contribution in [3.63, 3.8) is 0 Å². The zero-order valence-corrected chi connectivity index (χ0v) is 11.3. The molecule has 0 aromatic heterocycles. The van der Waals surface area contributed by atoms with Gasteiger partial charge in [0, 0.05) is 12.4 Å². The van der Waals surface area contributed by atoms with Crippen LogP contribution in [-0.4, -0.2) is 22.6 Å². The van der Waals surface area contributed by atoms with E-state index in [2.05, 4.69) is 0 Å². The maximum absolute atomic E-state index is 9.90. The maximum Gasteiger partial charge on any atom is 1.00 e. The minimum atomic E-state index is -2.33. The fourth-order valence-electron chi connectivity index (χ4n) is 0.353. The summed E-state index contributed by atoms with van der Waals surface area (Å²) in [5.74, 6) is -3.45. The van der Waals surface area contributed by atoms with Crippen LogP contribution in [0.15, 0.2) is 0 Å². The van der Waals surface area contributed by atoms with Gasteiger partial charge in [0.25, 0.3) is 0 Å². The number of aliphatic carboxylic acids is 2. The Morgan fingerprint density at radius 2 is 1.67 bits per heavy atom. The van der Waals surface area contributed by atoms with Crippen LogP contribution in [0.4, 0.5) is 0 Å². The molecule has 0 rings (SSSR count). The first-order valence-electron chi connectivity index (χ1n) is 2.50. The van der Waals surface area contributed by atoms with Crippen molar-refractivity contribution in [1.29, 1.82) is 0 Å². The summed E-state index contributed by atoms with van der Waals surface area (Å²) in [6.45, 7) is 0.831. The molecule has 0 heterocycles. The molecule has 0 aliphatic carbocycles. The van der Waals surface area contributed by atoms with E-state index >= 15 is 0 Å². The van der Waals surface area contributed by atoms with E-state index in [9.17, 15) is 19.8 Å². The molecule has 0 aliphatic heterocycles. The number of carboxylic acids is 2. The first-order chi connectivity index (χ1) is 4.36. The van der Waals surface area contributed by atoms with Crippen LogP contribution in [0.25, 0.3) is 0 Å². The van der Waals surface area contributed by atoms with E-state index < -0.39 is 24.0 Å². The number of hydrogen-bond acceptors (Lipinski definition) is 5. The summed E-state index contributed by atoms with van der Waals surface area (Å²) >= 11 is 0. The van der Waals surface area contributed by atoms with Crippen LogP contribution in [0, 0.1) is 0 Å². The number of carbonyl (C=O) groups excluding carboxylic acids is 2. The molecule has 0 saturated carbocycles. The second-order valence-corrected chi connectivity index (χ2v) is 2.11. The average molecular weight is 192 g/mol. The third-order valence-electron chi connectivity index (χ3n) is 0.928. The van der Waals surface area contributed by atoms with E-state index in [1.807, 2.05) is 0 Å². The summed E-state index contributed by atoms with van der Waals surface area (Å²) in [6.07, 6.45) is -0.963. The van der Waals surface area contributed by atoms with Crippen molar-refractivity contribution >= 4 is 11.9 Å². The van der Waals surface area contributed by atoms with Crippen LogP contribution in [0.2, 0.25) is 0 Å². The van der Waals surface area contributed by atoms with Gasteiger partial charge in [-0.2, -0.15) is 0 Å². The van der Waals surface area contributed by atoms with Gasteiger partial charge in [0.2, 0.25) is 0 Å². The Hall–Kier alpha value is 0.900. The summed E-state index contributed by atoms with van der Waals surface area (Å²) < 4.78 is 0. The molecule has 0 aliphatic rings. The van der Waals surface area contributed by atoms with Crippen molar-refractivity contribution < 1.29 is 84.0 Å². The minimum absolute atomic E-state index is 0. The van der Waals surface area contributed by atoms with Crippen LogP contribution in [0.5, 0.6) is 0 Å². The zero-order chi connectivity index (χ0) is 8.36. The summed E-state index contributed by atoms with van der Waals surface area (Å²) in [5.41, 5.74) is -2.33. The van der Waals surface area contributed by atoms with Crippen molar-refractivity contribution in [3.05, 3.63) is 0 Å². The summed E-state index contributed by atoms with van der Waals surface area (Å²) in [4.78, 5) is 19.7. The predicted molar refractivity (Wildman–Crippen MR) is 25.3 cm³/mol. The molecule has 5 nitrogen and oxygen atoms in total. The van der Waals surface area contributed by atoms with E-state index in [1.54, 1.807) is 0 Å². The van der Waals surface area contributed by atoms with Gasteiger partial charge in [0.15, 0.2) is 0 Å².